The standard InChI is InChI=1S/C13H17BrN2OS/c1-17-8-9-4-5-16(7-9)12-3-2-10(14)6-11(12)13(15)18/h2-3,6,9H,4-5,7-8H2,1H3,(H2,15,18). The summed E-state index contributed by atoms with van der Waals surface area (Å²) < 4.78 is 6.22. The monoisotopic (exact) mass is 328 g/mol. The maximum Gasteiger partial charge on any atom is 0.106 e. The maximum absolute atomic E-state index is 5.80. The van der Waals surface area contributed by atoms with Crippen LogP contribution in [0.3, 0.4) is 0 Å². The number of hydrogen-bond acceptors (Lipinski definition) is 3. The molecule has 2 rings (SSSR count). The molecule has 18 heavy (non-hydrogen) atoms. The van der Waals surface area contributed by atoms with Crippen LogP contribution < -0.4 is 10.6 Å². The highest BCUT2D eigenvalue weighted by atomic mass is 79.9. The van der Waals surface area contributed by atoms with Crippen LogP contribution in [-0.2, 0) is 4.74 Å². The number of ether oxygens (including phenoxy) is 1. The Labute approximate surface area is 121 Å². The van der Waals surface area contributed by atoms with Crippen LogP contribution in [0.5, 0.6) is 0 Å². The van der Waals surface area contributed by atoms with Crippen molar-refractivity contribution >= 4 is 38.8 Å². The van der Waals surface area contributed by atoms with E-state index in [1.807, 2.05) is 12.1 Å². The largest absolute Gasteiger partial charge is 0.389 e. The first-order chi connectivity index (χ1) is 8.61. The van der Waals surface area contributed by atoms with Gasteiger partial charge in [0.05, 0.1) is 6.61 Å². The smallest absolute Gasteiger partial charge is 0.106 e. The third-order valence-electron chi connectivity index (χ3n) is 3.25. The van der Waals surface area contributed by atoms with Gasteiger partial charge in [0.1, 0.15) is 4.99 Å². The number of hydrogen-bond donors (Lipinski definition) is 1. The van der Waals surface area contributed by atoms with E-state index in [0.717, 1.165) is 41.8 Å². The molecular formula is C13H17BrN2OS. The van der Waals surface area contributed by atoms with Gasteiger partial charge in [-0.2, -0.15) is 0 Å². The second kappa shape index (κ2) is 5.99. The first-order valence-corrected chi connectivity index (χ1v) is 7.15. The number of rotatable bonds is 4. The van der Waals surface area contributed by atoms with Gasteiger partial charge in [0.15, 0.2) is 0 Å². The molecule has 0 aliphatic carbocycles. The van der Waals surface area contributed by atoms with Crippen molar-refractivity contribution in [1.82, 2.24) is 0 Å². The van der Waals surface area contributed by atoms with E-state index in [-0.39, 0.29) is 0 Å². The summed E-state index contributed by atoms with van der Waals surface area (Å²) in [5.41, 5.74) is 7.87. The summed E-state index contributed by atoms with van der Waals surface area (Å²) in [7, 11) is 1.75. The van der Waals surface area contributed by atoms with E-state index in [1.165, 1.54) is 0 Å². The summed E-state index contributed by atoms with van der Waals surface area (Å²) in [6.07, 6.45) is 1.15. The van der Waals surface area contributed by atoms with Gasteiger partial charge in [-0.3, -0.25) is 0 Å². The van der Waals surface area contributed by atoms with Gasteiger partial charge < -0.3 is 15.4 Å². The SMILES string of the molecule is COCC1CCN(c2ccc(Br)cc2C(N)=S)C1. The van der Waals surface area contributed by atoms with Crippen molar-refractivity contribution in [2.45, 2.75) is 6.42 Å². The molecule has 3 nitrogen and oxygen atoms in total. The molecule has 1 atom stereocenters. The van der Waals surface area contributed by atoms with E-state index in [4.69, 9.17) is 22.7 Å². The molecule has 0 saturated carbocycles. The zero-order valence-corrected chi connectivity index (χ0v) is 12.8. The summed E-state index contributed by atoms with van der Waals surface area (Å²) in [5, 5.41) is 0. The van der Waals surface area contributed by atoms with Gasteiger partial charge in [-0.1, -0.05) is 28.1 Å². The lowest BCUT2D eigenvalue weighted by atomic mass is 10.1. The lowest BCUT2D eigenvalue weighted by Crippen LogP contribution is -2.24. The molecule has 1 saturated heterocycles. The van der Waals surface area contributed by atoms with Gasteiger partial charge in [-0.05, 0) is 24.6 Å². The molecular weight excluding hydrogens is 312 g/mol. The topological polar surface area (TPSA) is 38.5 Å². The van der Waals surface area contributed by atoms with Crippen molar-refractivity contribution in [3.8, 4) is 0 Å². The molecule has 1 aromatic carbocycles. The maximum atomic E-state index is 5.80. The molecule has 1 fully saturated rings. The van der Waals surface area contributed by atoms with Crippen LogP contribution in [0.1, 0.15) is 12.0 Å². The van der Waals surface area contributed by atoms with E-state index in [1.54, 1.807) is 7.11 Å². The van der Waals surface area contributed by atoms with Crippen molar-refractivity contribution in [3.05, 3.63) is 28.2 Å². The van der Waals surface area contributed by atoms with Crippen molar-refractivity contribution in [2.75, 3.05) is 31.7 Å². The quantitative estimate of drug-likeness (QED) is 0.862. The molecule has 0 amide bonds. The molecule has 1 aliphatic rings. The van der Waals surface area contributed by atoms with E-state index < -0.39 is 0 Å². The molecule has 1 aromatic rings. The minimum Gasteiger partial charge on any atom is -0.389 e. The van der Waals surface area contributed by atoms with E-state index in [9.17, 15) is 0 Å². The molecule has 1 aliphatic heterocycles. The molecule has 2 N–H and O–H groups in total. The fourth-order valence-corrected chi connectivity index (χ4v) is 2.93. The van der Waals surface area contributed by atoms with Crippen LogP contribution in [0.2, 0.25) is 0 Å². The van der Waals surface area contributed by atoms with E-state index in [2.05, 4.69) is 26.9 Å². The van der Waals surface area contributed by atoms with Gasteiger partial charge in [0.2, 0.25) is 0 Å². The van der Waals surface area contributed by atoms with Crippen LogP contribution in [-0.4, -0.2) is 31.8 Å². The fourth-order valence-electron chi connectivity index (χ4n) is 2.40. The highest BCUT2D eigenvalue weighted by molar-refractivity contribution is 9.10. The minimum atomic E-state index is 0.446. The predicted octanol–water partition coefficient (Wildman–Crippen LogP) is 2.56. The molecule has 5 heteroatoms. The minimum absolute atomic E-state index is 0.446. The van der Waals surface area contributed by atoms with Crippen LogP contribution >= 0.6 is 28.1 Å². The van der Waals surface area contributed by atoms with Crippen LogP contribution in [0.15, 0.2) is 22.7 Å². The summed E-state index contributed by atoms with van der Waals surface area (Å²) in [5.74, 6) is 0.595. The van der Waals surface area contributed by atoms with Crippen LogP contribution in [0.25, 0.3) is 0 Å². The summed E-state index contributed by atoms with van der Waals surface area (Å²) >= 11 is 8.59. The molecule has 0 aromatic heterocycles. The van der Waals surface area contributed by atoms with Crippen molar-refractivity contribution < 1.29 is 4.74 Å². The number of nitrogens with zero attached hydrogens (tertiary/aromatic N) is 1. The summed E-state index contributed by atoms with van der Waals surface area (Å²) in [6.45, 7) is 2.85. The predicted molar refractivity (Wildman–Crippen MR) is 82.2 cm³/mol. The third kappa shape index (κ3) is 3.02. The Morgan fingerprint density at radius 2 is 2.39 bits per heavy atom. The number of nitrogens with two attached hydrogens (primary N) is 1. The zero-order chi connectivity index (χ0) is 13.1. The molecule has 1 heterocycles. The fraction of sp³-hybridized carbons (Fsp3) is 0.462. The number of methoxy groups -OCH3 is 1. The Kier molecular flexibility index (Phi) is 4.59. The van der Waals surface area contributed by atoms with Gasteiger partial charge in [0.25, 0.3) is 0 Å². The average Bonchev–Trinajstić information content (AvgIpc) is 2.78. The van der Waals surface area contributed by atoms with Gasteiger partial charge >= 0.3 is 0 Å². The van der Waals surface area contributed by atoms with Crippen molar-refractivity contribution in [3.63, 3.8) is 0 Å². The van der Waals surface area contributed by atoms with Crippen molar-refractivity contribution in [1.29, 1.82) is 0 Å². The Hall–Kier alpha value is -0.650. The van der Waals surface area contributed by atoms with Crippen LogP contribution in [0.4, 0.5) is 5.69 Å². The molecule has 0 bridgehead atoms. The van der Waals surface area contributed by atoms with Crippen molar-refractivity contribution in [2.24, 2.45) is 11.7 Å². The molecule has 0 radical (unpaired) electrons. The highest BCUT2D eigenvalue weighted by Gasteiger charge is 2.24. The number of benzene rings is 1. The lowest BCUT2D eigenvalue weighted by molar-refractivity contribution is 0.161. The summed E-state index contributed by atoms with van der Waals surface area (Å²) in [6, 6.07) is 6.09. The number of halogens is 1. The van der Waals surface area contributed by atoms with E-state index >= 15 is 0 Å². The number of anilines is 1. The Bertz CT molecular complexity index is 453. The van der Waals surface area contributed by atoms with Gasteiger partial charge in [-0.15, -0.1) is 0 Å². The van der Waals surface area contributed by atoms with E-state index in [0.29, 0.717) is 10.9 Å². The highest BCUT2D eigenvalue weighted by Crippen LogP contribution is 2.29. The lowest BCUT2D eigenvalue weighted by Gasteiger charge is -2.22. The number of thiocarbonyl (C=S) groups is 1. The van der Waals surface area contributed by atoms with Gasteiger partial charge in [0, 0.05) is 41.8 Å². The first-order valence-electron chi connectivity index (χ1n) is 5.95. The van der Waals surface area contributed by atoms with Crippen LogP contribution in [0, 0.1) is 5.92 Å². The first kappa shape index (κ1) is 13.8. The second-order valence-electron chi connectivity index (χ2n) is 4.58. The third-order valence-corrected chi connectivity index (χ3v) is 3.97. The molecule has 98 valence electrons. The average molecular weight is 329 g/mol. The normalized spacial score (nSPS) is 19.2. The van der Waals surface area contributed by atoms with Gasteiger partial charge in [-0.25, -0.2) is 0 Å². The molecule has 1 unspecified atom stereocenters. The summed E-state index contributed by atoms with van der Waals surface area (Å²) in [4.78, 5) is 2.78. The second-order valence-corrected chi connectivity index (χ2v) is 5.94. The Morgan fingerprint density at radius 1 is 1.61 bits per heavy atom. The zero-order valence-electron chi connectivity index (χ0n) is 10.4. The molecule has 0 spiro atoms. The Balaban J connectivity index is 2.21. The Morgan fingerprint density at radius 3 is 3.06 bits per heavy atom.